The molecule has 0 saturated heterocycles. The average Bonchev–Trinajstić information content (AvgIpc) is 2.86. The monoisotopic (exact) mass is 450 g/mol. The highest BCUT2D eigenvalue weighted by Gasteiger charge is 2.23. The number of aryl methyl sites for hydroxylation is 2. The Labute approximate surface area is 199 Å². The third-order valence-electron chi connectivity index (χ3n) is 5.66. The van der Waals surface area contributed by atoms with Crippen LogP contribution >= 0.6 is 8.07 Å². The van der Waals surface area contributed by atoms with Gasteiger partial charge in [-0.3, -0.25) is 0 Å². The van der Waals surface area contributed by atoms with E-state index in [1.54, 1.807) is 0 Å². The Kier molecular flexibility index (Phi) is 7.70. The Morgan fingerprint density at radius 1 is 0.727 bits per heavy atom. The number of nitrogens with zero attached hydrogens (tertiary/aromatic N) is 2. The molecule has 3 heteroatoms. The zero-order chi connectivity index (χ0) is 23.0. The van der Waals surface area contributed by atoms with Crippen molar-refractivity contribution < 1.29 is 0 Å². The van der Waals surface area contributed by atoms with Gasteiger partial charge in [-0.05, 0) is 25.0 Å². The highest BCUT2D eigenvalue weighted by Crippen LogP contribution is 2.39. The fourth-order valence-electron chi connectivity index (χ4n) is 3.97. The molecule has 0 aliphatic heterocycles. The molecule has 0 aromatic heterocycles. The molecule has 0 unspecified atom stereocenters. The molecule has 0 radical (unpaired) electrons. The number of aliphatic imine (C=N–C) groups is 1. The van der Waals surface area contributed by atoms with Crippen molar-refractivity contribution >= 4 is 30.2 Å². The first-order chi connectivity index (χ1) is 16.2. The number of benzene rings is 4. The third kappa shape index (κ3) is 5.59. The summed E-state index contributed by atoms with van der Waals surface area (Å²) in [6, 6.07) is 38.8. The maximum absolute atomic E-state index is 5.31. The molecule has 0 aliphatic rings. The van der Waals surface area contributed by atoms with Crippen LogP contribution in [0.1, 0.15) is 30.0 Å². The van der Waals surface area contributed by atoms with E-state index in [4.69, 9.17) is 4.99 Å². The minimum Gasteiger partial charge on any atom is -0.330 e. The summed E-state index contributed by atoms with van der Waals surface area (Å²) in [6.07, 6.45) is 2.12. The maximum Gasteiger partial charge on any atom is 0.140 e. The summed E-state index contributed by atoms with van der Waals surface area (Å²) in [4.78, 5) is 5.31. The number of hydrogen-bond acceptors (Lipinski definition) is 1. The van der Waals surface area contributed by atoms with Crippen LogP contribution in [0, 0.1) is 6.92 Å². The van der Waals surface area contributed by atoms with Gasteiger partial charge in [-0.15, -0.1) is 0 Å². The number of amidine groups is 1. The Morgan fingerprint density at radius 2 is 1.27 bits per heavy atom. The molecule has 4 aromatic carbocycles. The molecule has 4 rings (SSSR count). The Balaban J connectivity index is 1.88. The van der Waals surface area contributed by atoms with Gasteiger partial charge in [-0.1, -0.05) is 122 Å². The molecular weight excluding hydrogens is 419 g/mol. The van der Waals surface area contributed by atoms with Crippen molar-refractivity contribution in [3.05, 3.63) is 126 Å². The second-order valence-electron chi connectivity index (χ2n) is 8.19. The molecule has 0 aliphatic carbocycles. The van der Waals surface area contributed by atoms with Crippen LogP contribution in [0.4, 0.5) is 5.69 Å². The van der Waals surface area contributed by atoms with Gasteiger partial charge in [0.05, 0.1) is 13.8 Å². The van der Waals surface area contributed by atoms with E-state index in [2.05, 4.69) is 135 Å². The summed E-state index contributed by atoms with van der Waals surface area (Å²) in [6.45, 7) is 4.35. The topological polar surface area (TPSA) is 15.6 Å². The van der Waals surface area contributed by atoms with Crippen LogP contribution in [0.25, 0.3) is 0 Å². The summed E-state index contributed by atoms with van der Waals surface area (Å²) >= 11 is 0. The van der Waals surface area contributed by atoms with Gasteiger partial charge in [0, 0.05) is 23.2 Å². The molecule has 33 heavy (non-hydrogen) atoms. The molecule has 0 heterocycles. The van der Waals surface area contributed by atoms with Crippen LogP contribution in [0.2, 0.25) is 0 Å². The van der Waals surface area contributed by atoms with E-state index in [-0.39, 0.29) is 0 Å². The molecule has 0 amide bonds. The van der Waals surface area contributed by atoms with Crippen molar-refractivity contribution in [2.24, 2.45) is 4.99 Å². The first-order valence-corrected chi connectivity index (χ1v) is 12.8. The molecular formula is C30H31N2P. The molecule has 0 saturated carbocycles. The standard InChI is InChI=1S/C30H31N2P/c1-4-13-25-14-11-12-19-29(25)31-30(26-22-20-24(2)21-23-26)32(3)33(27-15-7-5-8-16-27)28-17-9-6-10-18-28/h5-12,14-23H,4,13H2,1-3H3/b31-30+. The first-order valence-electron chi connectivity index (χ1n) is 11.5. The van der Waals surface area contributed by atoms with Crippen LogP contribution < -0.4 is 10.6 Å². The van der Waals surface area contributed by atoms with Crippen molar-refractivity contribution in [2.75, 3.05) is 7.05 Å². The van der Waals surface area contributed by atoms with E-state index in [9.17, 15) is 0 Å². The van der Waals surface area contributed by atoms with E-state index in [0.717, 1.165) is 29.9 Å². The lowest BCUT2D eigenvalue weighted by Crippen LogP contribution is -2.31. The van der Waals surface area contributed by atoms with E-state index >= 15 is 0 Å². The molecule has 166 valence electrons. The van der Waals surface area contributed by atoms with Crippen LogP contribution in [0.15, 0.2) is 114 Å². The zero-order valence-corrected chi connectivity index (χ0v) is 20.5. The highest BCUT2D eigenvalue weighted by molar-refractivity contribution is 7.71. The molecule has 0 spiro atoms. The molecule has 0 fully saturated rings. The largest absolute Gasteiger partial charge is 0.330 e. The summed E-state index contributed by atoms with van der Waals surface area (Å²) in [5.74, 6) is 0.998. The van der Waals surface area contributed by atoms with Gasteiger partial charge in [0.2, 0.25) is 0 Å². The number of para-hydroxylation sites is 1. The van der Waals surface area contributed by atoms with Crippen molar-refractivity contribution in [3.8, 4) is 0 Å². The second kappa shape index (κ2) is 11.1. The molecule has 0 atom stereocenters. The second-order valence-corrected chi connectivity index (χ2v) is 10.4. The summed E-state index contributed by atoms with van der Waals surface area (Å²) in [7, 11) is 1.39. The van der Waals surface area contributed by atoms with E-state index in [0.29, 0.717) is 0 Å². The van der Waals surface area contributed by atoms with Gasteiger partial charge in [0.15, 0.2) is 0 Å². The third-order valence-corrected chi connectivity index (χ3v) is 8.02. The Hall–Kier alpha value is -3.22. The lowest BCUT2D eigenvalue weighted by Gasteiger charge is -2.32. The Bertz CT molecular complexity index is 1150. The average molecular weight is 451 g/mol. The van der Waals surface area contributed by atoms with Gasteiger partial charge in [-0.2, -0.15) is 0 Å². The van der Waals surface area contributed by atoms with Gasteiger partial charge >= 0.3 is 0 Å². The normalized spacial score (nSPS) is 11.6. The highest BCUT2D eigenvalue weighted by atomic mass is 31.1. The molecule has 0 N–H and O–H groups in total. The number of hydrogen-bond donors (Lipinski definition) is 0. The predicted molar refractivity (Wildman–Crippen MR) is 145 cm³/mol. The smallest absolute Gasteiger partial charge is 0.140 e. The van der Waals surface area contributed by atoms with Crippen molar-refractivity contribution in [1.82, 2.24) is 4.67 Å². The van der Waals surface area contributed by atoms with Crippen LogP contribution in [0.5, 0.6) is 0 Å². The number of rotatable bonds is 7. The quantitative estimate of drug-likeness (QED) is 0.168. The lowest BCUT2D eigenvalue weighted by molar-refractivity contribution is 0.827. The minimum atomic E-state index is -0.794. The van der Waals surface area contributed by atoms with Crippen LogP contribution in [0.3, 0.4) is 0 Å². The fraction of sp³-hybridized carbons (Fsp3) is 0.167. The summed E-state index contributed by atoms with van der Waals surface area (Å²) in [5, 5.41) is 2.62. The summed E-state index contributed by atoms with van der Waals surface area (Å²) < 4.78 is 2.38. The van der Waals surface area contributed by atoms with Crippen molar-refractivity contribution in [3.63, 3.8) is 0 Å². The Morgan fingerprint density at radius 3 is 1.85 bits per heavy atom. The SMILES string of the molecule is CCCc1ccccc1/N=C(\c1ccc(C)cc1)N(C)P(c1ccccc1)c1ccccc1. The molecule has 2 nitrogen and oxygen atoms in total. The molecule has 4 aromatic rings. The van der Waals surface area contributed by atoms with Gasteiger partial charge in [0.25, 0.3) is 0 Å². The lowest BCUT2D eigenvalue weighted by atomic mass is 10.1. The van der Waals surface area contributed by atoms with Gasteiger partial charge in [-0.25, -0.2) is 4.99 Å². The first kappa shape index (κ1) is 23.0. The molecule has 0 bridgehead atoms. The van der Waals surface area contributed by atoms with E-state index in [1.165, 1.54) is 21.7 Å². The van der Waals surface area contributed by atoms with Crippen molar-refractivity contribution in [1.29, 1.82) is 0 Å². The van der Waals surface area contributed by atoms with Crippen molar-refractivity contribution in [2.45, 2.75) is 26.7 Å². The fourth-order valence-corrected chi connectivity index (χ4v) is 6.22. The van der Waals surface area contributed by atoms with Crippen LogP contribution in [-0.2, 0) is 6.42 Å². The zero-order valence-electron chi connectivity index (χ0n) is 19.6. The minimum absolute atomic E-state index is 0.794. The van der Waals surface area contributed by atoms with Gasteiger partial charge in [0.1, 0.15) is 5.84 Å². The summed E-state index contributed by atoms with van der Waals surface area (Å²) in [5.41, 5.74) is 4.73. The maximum atomic E-state index is 5.31. The van der Waals surface area contributed by atoms with Crippen LogP contribution in [-0.4, -0.2) is 17.6 Å². The van der Waals surface area contributed by atoms with E-state index in [1.807, 2.05) is 0 Å². The van der Waals surface area contributed by atoms with Gasteiger partial charge < -0.3 is 4.67 Å². The van der Waals surface area contributed by atoms with E-state index < -0.39 is 8.07 Å². The predicted octanol–water partition coefficient (Wildman–Crippen LogP) is 7.01.